The molecule has 0 unspecified atom stereocenters. The van der Waals surface area contributed by atoms with Gasteiger partial charge in [-0.25, -0.2) is 9.97 Å². The number of thioether (sulfide) groups is 1. The third kappa shape index (κ3) is 3.55. The summed E-state index contributed by atoms with van der Waals surface area (Å²) in [6.45, 7) is 0. The van der Waals surface area contributed by atoms with Gasteiger partial charge in [-0.2, -0.15) is 0 Å². The molecule has 2 aromatic heterocycles. The predicted octanol–water partition coefficient (Wildman–Crippen LogP) is 2.76. The highest BCUT2D eigenvalue weighted by atomic mass is 32.2. The second-order valence-electron chi connectivity index (χ2n) is 4.28. The molecule has 0 spiro atoms. The van der Waals surface area contributed by atoms with Gasteiger partial charge in [-0.05, 0) is 18.2 Å². The number of hydrogen-bond donors (Lipinski definition) is 1. The first-order valence-electron chi connectivity index (χ1n) is 6.36. The molecule has 6 heteroatoms. The van der Waals surface area contributed by atoms with E-state index in [4.69, 9.17) is 0 Å². The molecular weight excluding hydrogens is 284 g/mol. The van der Waals surface area contributed by atoms with E-state index in [-0.39, 0.29) is 11.7 Å². The molecule has 0 fully saturated rings. The molecule has 5 nitrogen and oxygen atoms in total. The first kappa shape index (κ1) is 13.5. The topological polar surface area (TPSA) is 67.8 Å². The number of anilines is 1. The minimum Gasteiger partial charge on any atom is -0.324 e. The van der Waals surface area contributed by atoms with Gasteiger partial charge in [-0.3, -0.25) is 9.78 Å². The van der Waals surface area contributed by atoms with E-state index >= 15 is 0 Å². The Kier molecular flexibility index (Phi) is 4.07. The second kappa shape index (κ2) is 6.32. The lowest BCUT2D eigenvalue weighted by Gasteiger charge is -2.05. The van der Waals surface area contributed by atoms with Crippen LogP contribution in [0.3, 0.4) is 0 Å². The van der Waals surface area contributed by atoms with E-state index in [9.17, 15) is 4.79 Å². The van der Waals surface area contributed by atoms with Crippen LogP contribution in [0.5, 0.6) is 0 Å². The van der Waals surface area contributed by atoms with E-state index in [1.54, 1.807) is 24.7 Å². The van der Waals surface area contributed by atoms with Crippen molar-refractivity contribution >= 4 is 34.3 Å². The van der Waals surface area contributed by atoms with Crippen LogP contribution in [-0.4, -0.2) is 26.6 Å². The first-order valence-corrected chi connectivity index (χ1v) is 7.34. The lowest BCUT2D eigenvalue weighted by atomic mass is 10.2. The summed E-state index contributed by atoms with van der Waals surface area (Å²) in [5, 5.41) is 4.41. The molecule has 0 atom stereocenters. The number of fused-ring (bicyclic) bond motifs is 1. The Balaban J connectivity index is 1.63. The highest BCUT2D eigenvalue weighted by molar-refractivity contribution is 7.99. The van der Waals surface area contributed by atoms with Crippen molar-refractivity contribution in [2.75, 3.05) is 11.1 Å². The fraction of sp³-hybridized carbons (Fsp3) is 0.0667. The molecule has 1 aromatic carbocycles. The van der Waals surface area contributed by atoms with Crippen LogP contribution < -0.4 is 5.32 Å². The number of para-hydroxylation sites is 1. The Bertz CT molecular complexity index is 764. The van der Waals surface area contributed by atoms with Gasteiger partial charge in [-0.1, -0.05) is 30.0 Å². The molecule has 21 heavy (non-hydrogen) atoms. The zero-order chi connectivity index (χ0) is 14.5. The van der Waals surface area contributed by atoms with Crippen LogP contribution in [0.25, 0.3) is 10.9 Å². The number of carbonyl (C=O) groups excluding carboxylic acids is 1. The van der Waals surface area contributed by atoms with E-state index in [1.807, 2.05) is 30.3 Å². The summed E-state index contributed by atoms with van der Waals surface area (Å²) in [4.78, 5) is 24.3. The molecule has 2 heterocycles. The lowest BCUT2D eigenvalue weighted by Crippen LogP contribution is -2.14. The van der Waals surface area contributed by atoms with Crippen molar-refractivity contribution < 1.29 is 4.79 Å². The van der Waals surface area contributed by atoms with Crippen molar-refractivity contribution in [1.29, 1.82) is 0 Å². The quantitative estimate of drug-likeness (QED) is 0.592. The summed E-state index contributed by atoms with van der Waals surface area (Å²) in [6, 6.07) is 11.4. The monoisotopic (exact) mass is 296 g/mol. The number of aromatic nitrogens is 3. The van der Waals surface area contributed by atoms with Gasteiger partial charge in [0, 0.05) is 17.8 Å². The number of carbonyl (C=O) groups is 1. The molecule has 0 aliphatic rings. The van der Waals surface area contributed by atoms with Gasteiger partial charge in [0.05, 0.1) is 23.2 Å². The van der Waals surface area contributed by atoms with Gasteiger partial charge in [0.1, 0.15) is 0 Å². The molecule has 0 saturated heterocycles. The van der Waals surface area contributed by atoms with Gasteiger partial charge in [0.2, 0.25) is 5.91 Å². The van der Waals surface area contributed by atoms with Gasteiger partial charge in [0.15, 0.2) is 5.16 Å². The maximum atomic E-state index is 11.9. The van der Waals surface area contributed by atoms with E-state index < -0.39 is 0 Å². The third-order valence-electron chi connectivity index (χ3n) is 2.75. The van der Waals surface area contributed by atoms with Crippen LogP contribution >= 0.6 is 11.8 Å². The molecule has 0 aliphatic carbocycles. The average Bonchev–Trinajstić information content (AvgIpc) is 2.54. The van der Waals surface area contributed by atoms with Crippen molar-refractivity contribution in [1.82, 2.24) is 15.0 Å². The van der Waals surface area contributed by atoms with E-state index in [2.05, 4.69) is 20.3 Å². The maximum absolute atomic E-state index is 11.9. The molecule has 0 aliphatic heterocycles. The van der Waals surface area contributed by atoms with Crippen LogP contribution in [0.1, 0.15) is 0 Å². The Labute approximate surface area is 125 Å². The minimum absolute atomic E-state index is 0.107. The molecule has 0 bridgehead atoms. The molecule has 0 saturated carbocycles. The van der Waals surface area contributed by atoms with Crippen LogP contribution in [0, 0.1) is 0 Å². The van der Waals surface area contributed by atoms with Gasteiger partial charge < -0.3 is 5.32 Å². The zero-order valence-corrected chi connectivity index (χ0v) is 11.9. The van der Waals surface area contributed by atoms with Gasteiger partial charge in [-0.15, -0.1) is 0 Å². The van der Waals surface area contributed by atoms with E-state index in [0.29, 0.717) is 10.8 Å². The summed E-state index contributed by atoms with van der Waals surface area (Å²) in [7, 11) is 0. The predicted molar refractivity (Wildman–Crippen MR) is 83.1 cm³/mol. The summed E-state index contributed by atoms with van der Waals surface area (Å²) in [5.41, 5.74) is 1.59. The Morgan fingerprint density at radius 1 is 1.10 bits per heavy atom. The van der Waals surface area contributed by atoms with Crippen molar-refractivity contribution in [3.8, 4) is 0 Å². The Morgan fingerprint density at radius 2 is 1.90 bits per heavy atom. The van der Waals surface area contributed by atoms with Crippen LogP contribution in [-0.2, 0) is 4.79 Å². The lowest BCUT2D eigenvalue weighted by molar-refractivity contribution is -0.113. The van der Waals surface area contributed by atoms with Crippen molar-refractivity contribution in [2.24, 2.45) is 0 Å². The van der Waals surface area contributed by atoms with E-state index in [1.165, 1.54) is 11.8 Å². The number of benzene rings is 1. The molecule has 1 amide bonds. The number of nitrogens with one attached hydrogen (secondary N) is 1. The third-order valence-corrected chi connectivity index (χ3v) is 3.62. The fourth-order valence-corrected chi connectivity index (χ4v) is 2.43. The van der Waals surface area contributed by atoms with Crippen molar-refractivity contribution in [2.45, 2.75) is 5.16 Å². The van der Waals surface area contributed by atoms with Crippen LogP contribution in [0.4, 0.5) is 5.69 Å². The average molecular weight is 296 g/mol. The Morgan fingerprint density at radius 3 is 2.76 bits per heavy atom. The zero-order valence-electron chi connectivity index (χ0n) is 11.1. The molecule has 3 aromatic rings. The van der Waals surface area contributed by atoms with Gasteiger partial charge in [0.25, 0.3) is 0 Å². The van der Waals surface area contributed by atoms with Gasteiger partial charge >= 0.3 is 0 Å². The van der Waals surface area contributed by atoms with Crippen LogP contribution in [0.15, 0.2) is 60.1 Å². The maximum Gasteiger partial charge on any atom is 0.234 e. The molecule has 0 radical (unpaired) electrons. The number of hydrogen-bond acceptors (Lipinski definition) is 5. The van der Waals surface area contributed by atoms with Crippen molar-refractivity contribution in [3.05, 3.63) is 55.0 Å². The molecule has 104 valence electrons. The molecular formula is C15H12N4OS. The number of amides is 1. The van der Waals surface area contributed by atoms with Crippen molar-refractivity contribution in [3.63, 3.8) is 0 Å². The summed E-state index contributed by atoms with van der Waals surface area (Å²) in [6.07, 6.45) is 4.96. The highest BCUT2D eigenvalue weighted by Crippen LogP contribution is 2.17. The second-order valence-corrected chi connectivity index (χ2v) is 5.23. The number of rotatable bonds is 4. The Hall–Kier alpha value is -2.47. The smallest absolute Gasteiger partial charge is 0.234 e. The summed E-state index contributed by atoms with van der Waals surface area (Å²) >= 11 is 1.30. The number of nitrogens with zero attached hydrogens (tertiary/aromatic N) is 3. The molecule has 3 rings (SSSR count). The highest BCUT2D eigenvalue weighted by Gasteiger charge is 2.06. The van der Waals surface area contributed by atoms with E-state index in [0.717, 1.165) is 10.9 Å². The largest absolute Gasteiger partial charge is 0.324 e. The minimum atomic E-state index is -0.107. The fourth-order valence-electron chi connectivity index (χ4n) is 1.83. The standard InChI is InChI=1S/C15H12N4OS/c20-14(10-21-15-16-6-3-7-17-15)19-12-8-11-4-1-2-5-13(11)18-9-12/h1-9H,10H2,(H,19,20). The molecule has 1 N–H and O–H groups in total. The SMILES string of the molecule is O=C(CSc1ncccn1)Nc1cnc2ccccc2c1. The van der Waals surface area contributed by atoms with Crippen LogP contribution in [0.2, 0.25) is 0 Å². The summed E-state index contributed by atoms with van der Waals surface area (Å²) in [5.74, 6) is 0.154. The number of pyridine rings is 1. The summed E-state index contributed by atoms with van der Waals surface area (Å²) < 4.78 is 0. The normalized spacial score (nSPS) is 10.5. The first-order chi connectivity index (χ1) is 10.3.